The van der Waals surface area contributed by atoms with Crippen LogP contribution in [0.25, 0.3) is 0 Å². The molecule has 0 aromatic heterocycles. The molecule has 1 N–H and O–H groups in total. The second kappa shape index (κ2) is 7.38. The second-order valence-electron chi connectivity index (χ2n) is 6.42. The van der Waals surface area contributed by atoms with Crippen molar-refractivity contribution in [3.63, 3.8) is 0 Å². The average molecular weight is 354 g/mol. The number of nitrogens with zero attached hydrogens (tertiary/aromatic N) is 1. The fraction of sp³-hybridized carbons (Fsp3) is 0.0870. The Morgan fingerprint density at radius 2 is 1.22 bits per heavy atom. The largest absolute Gasteiger partial charge is 0.301 e. The van der Waals surface area contributed by atoms with Crippen LogP contribution in [0.2, 0.25) is 0 Å². The van der Waals surface area contributed by atoms with Crippen molar-refractivity contribution in [2.45, 2.75) is 6.04 Å². The van der Waals surface area contributed by atoms with Crippen molar-refractivity contribution in [3.8, 4) is 0 Å². The molecule has 27 heavy (non-hydrogen) atoms. The minimum Gasteiger partial charge on any atom is -0.301 e. The number of ketones is 2. The monoisotopic (exact) mass is 354 g/mol. The van der Waals surface area contributed by atoms with Gasteiger partial charge < -0.3 is 5.43 Å². The Morgan fingerprint density at radius 1 is 0.704 bits per heavy atom. The predicted octanol–water partition coefficient (Wildman–Crippen LogP) is 4.07. The van der Waals surface area contributed by atoms with Crippen molar-refractivity contribution < 1.29 is 9.59 Å². The summed E-state index contributed by atoms with van der Waals surface area (Å²) in [7, 11) is 0. The molecule has 0 spiro atoms. The summed E-state index contributed by atoms with van der Waals surface area (Å²) in [5, 5.41) is 4.29. The van der Waals surface area contributed by atoms with Gasteiger partial charge in [-0.25, -0.2) is 0 Å². The van der Waals surface area contributed by atoms with E-state index in [1.165, 1.54) is 0 Å². The van der Waals surface area contributed by atoms with Gasteiger partial charge in [0.2, 0.25) is 5.78 Å². The molecule has 0 amide bonds. The van der Waals surface area contributed by atoms with E-state index in [1.54, 1.807) is 36.4 Å². The molecule has 0 radical (unpaired) electrons. The molecule has 0 saturated carbocycles. The number of benzene rings is 3. The zero-order valence-electron chi connectivity index (χ0n) is 14.6. The van der Waals surface area contributed by atoms with E-state index in [1.807, 2.05) is 54.6 Å². The lowest BCUT2D eigenvalue weighted by Crippen LogP contribution is -2.33. The number of carbonyl (C=O) groups excluding carboxylic acids is 2. The lowest BCUT2D eigenvalue weighted by Gasteiger charge is -2.20. The number of hydrogen-bond donors (Lipinski definition) is 1. The molecule has 0 aliphatic carbocycles. The first-order chi connectivity index (χ1) is 13.3. The Balaban J connectivity index is 1.74. The lowest BCUT2D eigenvalue weighted by atomic mass is 9.82. The molecule has 1 heterocycles. The highest BCUT2D eigenvalue weighted by atomic mass is 16.1. The van der Waals surface area contributed by atoms with Crippen molar-refractivity contribution in [1.29, 1.82) is 0 Å². The van der Waals surface area contributed by atoms with Crippen LogP contribution in [0.3, 0.4) is 0 Å². The topological polar surface area (TPSA) is 58.5 Å². The Hall–Kier alpha value is -3.53. The Bertz CT molecular complexity index is 983. The van der Waals surface area contributed by atoms with Crippen LogP contribution < -0.4 is 5.43 Å². The summed E-state index contributed by atoms with van der Waals surface area (Å²) in [6.07, 6.45) is 0. The van der Waals surface area contributed by atoms with Crippen molar-refractivity contribution in [1.82, 2.24) is 5.43 Å². The summed E-state index contributed by atoms with van der Waals surface area (Å²) in [6.45, 7) is 0. The molecule has 132 valence electrons. The summed E-state index contributed by atoms with van der Waals surface area (Å²) in [5.74, 6) is -1.02. The summed E-state index contributed by atoms with van der Waals surface area (Å²) < 4.78 is 0. The highest BCUT2D eigenvalue weighted by Gasteiger charge is 2.41. The third-order valence-corrected chi connectivity index (χ3v) is 4.72. The van der Waals surface area contributed by atoms with E-state index in [0.717, 1.165) is 5.56 Å². The molecule has 0 unspecified atom stereocenters. The van der Waals surface area contributed by atoms with Crippen molar-refractivity contribution in [2.24, 2.45) is 11.0 Å². The van der Waals surface area contributed by atoms with Crippen LogP contribution in [0.5, 0.6) is 0 Å². The molecular weight excluding hydrogens is 336 g/mol. The van der Waals surface area contributed by atoms with Crippen LogP contribution >= 0.6 is 0 Å². The fourth-order valence-electron chi connectivity index (χ4n) is 3.36. The third kappa shape index (κ3) is 3.29. The maximum Gasteiger partial charge on any atom is 0.209 e. The van der Waals surface area contributed by atoms with E-state index >= 15 is 0 Å². The summed E-state index contributed by atoms with van der Waals surface area (Å²) >= 11 is 0. The highest BCUT2D eigenvalue weighted by molar-refractivity contribution is 6.50. The van der Waals surface area contributed by atoms with E-state index in [-0.39, 0.29) is 23.3 Å². The van der Waals surface area contributed by atoms with E-state index in [0.29, 0.717) is 11.1 Å². The molecule has 4 nitrogen and oxygen atoms in total. The Kier molecular flexibility index (Phi) is 4.62. The van der Waals surface area contributed by atoms with Crippen molar-refractivity contribution >= 4 is 17.3 Å². The van der Waals surface area contributed by atoms with Gasteiger partial charge in [0.15, 0.2) is 5.78 Å². The molecule has 3 aromatic rings. The summed E-state index contributed by atoms with van der Waals surface area (Å²) in [4.78, 5) is 26.4. The van der Waals surface area contributed by atoms with Crippen molar-refractivity contribution in [3.05, 3.63) is 108 Å². The van der Waals surface area contributed by atoms with Crippen LogP contribution in [-0.4, -0.2) is 17.3 Å². The van der Waals surface area contributed by atoms with E-state index < -0.39 is 5.92 Å². The number of carbonyl (C=O) groups is 2. The van der Waals surface area contributed by atoms with Gasteiger partial charge in [0.25, 0.3) is 0 Å². The second-order valence-corrected chi connectivity index (χ2v) is 6.42. The van der Waals surface area contributed by atoms with Gasteiger partial charge in [0.05, 0.1) is 12.0 Å². The van der Waals surface area contributed by atoms with Gasteiger partial charge in [-0.1, -0.05) is 91.0 Å². The van der Waals surface area contributed by atoms with Crippen LogP contribution in [0, 0.1) is 5.92 Å². The SMILES string of the molecule is O=C(C1=NN[C@@H](c2ccccc2)[C@H]1C(=O)c1ccccc1)c1ccccc1. The molecule has 0 fully saturated rings. The maximum absolute atomic E-state index is 13.3. The number of hydrazone groups is 1. The zero-order valence-corrected chi connectivity index (χ0v) is 14.6. The van der Waals surface area contributed by atoms with Crippen molar-refractivity contribution in [2.75, 3.05) is 0 Å². The van der Waals surface area contributed by atoms with Gasteiger partial charge in [-0.15, -0.1) is 0 Å². The number of nitrogens with one attached hydrogen (secondary N) is 1. The van der Waals surface area contributed by atoms with E-state index in [9.17, 15) is 9.59 Å². The fourth-order valence-corrected chi connectivity index (χ4v) is 3.36. The smallest absolute Gasteiger partial charge is 0.209 e. The standard InChI is InChI=1S/C23H18N2O2/c26-22(17-12-6-2-7-13-17)19-20(16-10-4-1-5-11-16)24-25-21(19)23(27)18-14-8-3-9-15-18/h1-15,19-20,24H/t19-,20+/m1/s1. The van der Waals surface area contributed by atoms with Gasteiger partial charge in [-0.2, -0.15) is 5.10 Å². The van der Waals surface area contributed by atoms with Gasteiger partial charge in [0, 0.05) is 11.1 Å². The van der Waals surface area contributed by atoms with Crippen LogP contribution in [0.1, 0.15) is 32.3 Å². The summed E-state index contributed by atoms with van der Waals surface area (Å²) in [6, 6.07) is 27.2. The molecule has 4 rings (SSSR count). The van der Waals surface area contributed by atoms with E-state index in [4.69, 9.17) is 0 Å². The van der Waals surface area contributed by atoms with Gasteiger partial charge in [0.1, 0.15) is 5.71 Å². The quantitative estimate of drug-likeness (QED) is 0.703. The van der Waals surface area contributed by atoms with Crippen LogP contribution in [-0.2, 0) is 0 Å². The predicted molar refractivity (Wildman–Crippen MR) is 105 cm³/mol. The van der Waals surface area contributed by atoms with Crippen LogP contribution in [0.15, 0.2) is 96.1 Å². The summed E-state index contributed by atoms with van der Waals surface area (Å²) in [5.41, 5.74) is 5.29. The molecule has 1 aliphatic rings. The minimum atomic E-state index is -0.678. The molecule has 0 saturated heterocycles. The molecule has 2 atom stereocenters. The molecule has 0 bridgehead atoms. The normalized spacial score (nSPS) is 18.4. The highest BCUT2D eigenvalue weighted by Crippen LogP contribution is 2.32. The molecule has 1 aliphatic heterocycles. The first-order valence-corrected chi connectivity index (χ1v) is 8.83. The van der Waals surface area contributed by atoms with Gasteiger partial charge >= 0.3 is 0 Å². The molecular formula is C23H18N2O2. The minimum absolute atomic E-state index is 0.113. The first-order valence-electron chi connectivity index (χ1n) is 8.83. The van der Waals surface area contributed by atoms with Gasteiger partial charge in [-0.05, 0) is 5.56 Å². The maximum atomic E-state index is 13.3. The third-order valence-electron chi connectivity index (χ3n) is 4.72. The number of Topliss-reactive ketones (excluding diaryl/α,β-unsaturated/α-hetero) is 2. The molecule has 3 aromatic carbocycles. The van der Waals surface area contributed by atoms with E-state index in [2.05, 4.69) is 10.5 Å². The molecule has 4 heteroatoms. The average Bonchev–Trinajstić information content (AvgIpc) is 3.19. The Morgan fingerprint density at radius 3 is 1.81 bits per heavy atom. The Labute approximate surface area is 157 Å². The van der Waals surface area contributed by atoms with Crippen LogP contribution in [0.4, 0.5) is 0 Å². The number of hydrogen-bond acceptors (Lipinski definition) is 4. The van der Waals surface area contributed by atoms with Gasteiger partial charge in [-0.3, -0.25) is 9.59 Å². The zero-order chi connectivity index (χ0) is 18.6. The first kappa shape index (κ1) is 16.9. The number of rotatable bonds is 5. The lowest BCUT2D eigenvalue weighted by molar-refractivity contribution is 0.0927.